The van der Waals surface area contributed by atoms with E-state index in [1.165, 1.54) is 0 Å². The molecule has 0 aromatic carbocycles. The summed E-state index contributed by atoms with van der Waals surface area (Å²) in [6, 6.07) is 0. The second kappa shape index (κ2) is 5.64. The first-order valence-corrected chi connectivity index (χ1v) is 6.88. The summed E-state index contributed by atoms with van der Waals surface area (Å²) in [5.41, 5.74) is 0.666. The van der Waals surface area contributed by atoms with Crippen molar-refractivity contribution < 1.29 is 4.79 Å². The summed E-state index contributed by atoms with van der Waals surface area (Å²) >= 11 is 3.44. The average Bonchev–Trinajstić information content (AvgIpc) is 2.76. The normalized spacial score (nSPS) is 17.4. The summed E-state index contributed by atoms with van der Waals surface area (Å²) in [4.78, 5) is 20.4. The van der Waals surface area contributed by atoms with Crippen molar-refractivity contribution in [3.8, 4) is 0 Å². The lowest BCUT2D eigenvalue weighted by molar-refractivity contribution is 0.0635. The smallest absolute Gasteiger partial charge is 0.272 e. The number of imidazole rings is 1. The van der Waals surface area contributed by atoms with Gasteiger partial charge < -0.3 is 9.47 Å². The molecule has 1 aromatic rings. The third-order valence-corrected chi connectivity index (χ3v) is 3.45. The van der Waals surface area contributed by atoms with Crippen molar-refractivity contribution in [2.24, 2.45) is 7.05 Å². The van der Waals surface area contributed by atoms with Crippen molar-refractivity contribution >= 4 is 21.8 Å². The van der Waals surface area contributed by atoms with Gasteiger partial charge in [0, 0.05) is 45.1 Å². The Morgan fingerprint density at radius 1 is 1.41 bits per heavy atom. The van der Waals surface area contributed by atoms with Crippen LogP contribution in [0.5, 0.6) is 0 Å². The standard InChI is InChI=1S/C11H17BrN4O/c1-14-9-13-8-10(14)11(17)16-6-4-15(3-2-12)5-7-16/h8-9H,2-7H2,1H3. The molecule has 0 unspecified atom stereocenters. The van der Waals surface area contributed by atoms with Crippen molar-refractivity contribution in [3.63, 3.8) is 0 Å². The zero-order chi connectivity index (χ0) is 12.3. The van der Waals surface area contributed by atoms with Crippen LogP contribution in [0.3, 0.4) is 0 Å². The molecule has 1 aromatic heterocycles. The number of aromatic nitrogens is 2. The molecule has 1 amide bonds. The van der Waals surface area contributed by atoms with Crippen LogP contribution in [0.25, 0.3) is 0 Å². The highest BCUT2D eigenvalue weighted by atomic mass is 79.9. The zero-order valence-corrected chi connectivity index (χ0v) is 11.6. The van der Waals surface area contributed by atoms with Gasteiger partial charge in [0.2, 0.25) is 0 Å². The molecule has 1 fully saturated rings. The molecule has 2 rings (SSSR count). The lowest BCUT2D eigenvalue weighted by atomic mass is 10.3. The molecular formula is C11H17BrN4O. The third-order valence-electron chi connectivity index (χ3n) is 3.10. The number of carbonyl (C=O) groups excluding carboxylic acids is 1. The molecule has 17 heavy (non-hydrogen) atoms. The minimum atomic E-state index is 0.0866. The quantitative estimate of drug-likeness (QED) is 0.767. The maximum atomic E-state index is 12.2. The minimum Gasteiger partial charge on any atom is -0.335 e. The number of piperazine rings is 1. The van der Waals surface area contributed by atoms with Crippen LogP contribution >= 0.6 is 15.9 Å². The Hall–Kier alpha value is -0.880. The Bertz CT molecular complexity index is 385. The highest BCUT2D eigenvalue weighted by molar-refractivity contribution is 9.09. The number of alkyl halides is 1. The average molecular weight is 301 g/mol. The van der Waals surface area contributed by atoms with E-state index in [0.717, 1.165) is 38.1 Å². The molecule has 0 saturated carbocycles. The first-order valence-electron chi connectivity index (χ1n) is 5.76. The number of halogens is 1. The van der Waals surface area contributed by atoms with Crippen LogP contribution in [0.15, 0.2) is 12.5 Å². The first-order chi connectivity index (χ1) is 8.22. The third kappa shape index (κ3) is 2.87. The number of nitrogens with zero attached hydrogens (tertiary/aromatic N) is 4. The lowest BCUT2D eigenvalue weighted by Gasteiger charge is -2.34. The molecule has 0 N–H and O–H groups in total. The van der Waals surface area contributed by atoms with Gasteiger partial charge in [0.05, 0.1) is 12.5 Å². The summed E-state index contributed by atoms with van der Waals surface area (Å²) in [5, 5.41) is 0.989. The van der Waals surface area contributed by atoms with Gasteiger partial charge >= 0.3 is 0 Å². The van der Waals surface area contributed by atoms with Gasteiger partial charge in [-0.2, -0.15) is 0 Å². The lowest BCUT2D eigenvalue weighted by Crippen LogP contribution is -2.49. The molecule has 0 aliphatic carbocycles. The van der Waals surface area contributed by atoms with E-state index in [1.807, 2.05) is 11.9 Å². The molecule has 2 heterocycles. The van der Waals surface area contributed by atoms with E-state index < -0.39 is 0 Å². The summed E-state index contributed by atoms with van der Waals surface area (Å²) < 4.78 is 1.77. The van der Waals surface area contributed by atoms with Crippen LogP contribution in [-0.4, -0.2) is 63.3 Å². The minimum absolute atomic E-state index is 0.0866. The van der Waals surface area contributed by atoms with E-state index in [0.29, 0.717) is 5.69 Å². The van der Waals surface area contributed by atoms with E-state index in [-0.39, 0.29) is 5.91 Å². The Morgan fingerprint density at radius 2 is 2.12 bits per heavy atom. The van der Waals surface area contributed by atoms with E-state index in [9.17, 15) is 4.79 Å². The van der Waals surface area contributed by atoms with Crippen molar-refractivity contribution in [1.29, 1.82) is 0 Å². The fourth-order valence-electron chi connectivity index (χ4n) is 2.02. The number of amides is 1. The first kappa shape index (κ1) is 12.6. The van der Waals surface area contributed by atoms with Crippen LogP contribution in [0, 0.1) is 0 Å². The van der Waals surface area contributed by atoms with Gasteiger partial charge in [-0.15, -0.1) is 0 Å². The summed E-state index contributed by atoms with van der Waals surface area (Å²) in [6.07, 6.45) is 3.29. The van der Waals surface area contributed by atoms with Gasteiger partial charge in [-0.05, 0) is 0 Å². The summed E-state index contributed by atoms with van der Waals surface area (Å²) in [6.45, 7) is 4.56. The van der Waals surface area contributed by atoms with Gasteiger partial charge in [-0.25, -0.2) is 4.98 Å². The second-order valence-electron chi connectivity index (χ2n) is 4.21. The number of rotatable bonds is 3. The van der Waals surface area contributed by atoms with Gasteiger partial charge in [0.25, 0.3) is 5.91 Å². The van der Waals surface area contributed by atoms with Gasteiger partial charge in [-0.1, -0.05) is 15.9 Å². The van der Waals surface area contributed by atoms with Crippen LogP contribution in [-0.2, 0) is 7.05 Å². The number of hydrogen-bond acceptors (Lipinski definition) is 3. The molecule has 1 aliphatic heterocycles. The Morgan fingerprint density at radius 3 is 2.65 bits per heavy atom. The zero-order valence-electron chi connectivity index (χ0n) is 9.97. The molecule has 94 valence electrons. The van der Waals surface area contributed by atoms with E-state index in [4.69, 9.17) is 0 Å². The van der Waals surface area contributed by atoms with E-state index in [1.54, 1.807) is 17.1 Å². The molecule has 1 aliphatic rings. The Labute approximate surface area is 110 Å². The molecule has 0 radical (unpaired) electrons. The molecular weight excluding hydrogens is 284 g/mol. The number of carbonyl (C=O) groups is 1. The molecule has 1 saturated heterocycles. The monoisotopic (exact) mass is 300 g/mol. The fourth-order valence-corrected chi connectivity index (χ4v) is 2.52. The van der Waals surface area contributed by atoms with E-state index >= 15 is 0 Å². The highest BCUT2D eigenvalue weighted by Crippen LogP contribution is 2.08. The maximum Gasteiger partial charge on any atom is 0.272 e. The Kier molecular flexibility index (Phi) is 4.17. The predicted octanol–water partition coefficient (Wildman–Crippen LogP) is 0.573. The summed E-state index contributed by atoms with van der Waals surface area (Å²) in [5.74, 6) is 0.0866. The molecule has 0 spiro atoms. The largest absolute Gasteiger partial charge is 0.335 e. The summed E-state index contributed by atoms with van der Waals surface area (Å²) in [7, 11) is 1.85. The van der Waals surface area contributed by atoms with E-state index in [2.05, 4.69) is 25.8 Å². The predicted molar refractivity (Wildman–Crippen MR) is 69.3 cm³/mol. The number of hydrogen-bond donors (Lipinski definition) is 0. The number of aryl methyl sites for hydroxylation is 1. The van der Waals surface area contributed by atoms with Gasteiger partial charge in [0.1, 0.15) is 5.69 Å². The second-order valence-corrected chi connectivity index (χ2v) is 5.01. The Balaban J connectivity index is 1.93. The topological polar surface area (TPSA) is 41.4 Å². The van der Waals surface area contributed by atoms with Crippen LogP contribution in [0.2, 0.25) is 0 Å². The van der Waals surface area contributed by atoms with Crippen LogP contribution in [0.1, 0.15) is 10.5 Å². The van der Waals surface area contributed by atoms with Gasteiger partial charge in [-0.3, -0.25) is 9.69 Å². The van der Waals surface area contributed by atoms with Crippen molar-refractivity contribution in [3.05, 3.63) is 18.2 Å². The SMILES string of the molecule is Cn1cncc1C(=O)N1CCN(CCBr)CC1. The highest BCUT2D eigenvalue weighted by Gasteiger charge is 2.23. The fraction of sp³-hybridized carbons (Fsp3) is 0.636. The molecule has 5 nitrogen and oxygen atoms in total. The maximum absolute atomic E-state index is 12.2. The van der Waals surface area contributed by atoms with Crippen molar-refractivity contribution in [2.75, 3.05) is 38.1 Å². The van der Waals surface area contributed by atoms with Crippen molar-refractivity contribution in [2.45, 2.75) is 0 Å². The van der Waals surface area contributed by atoms with Crippen LogP contribution in [0.4, 0.5) is 0 Å². The molecule has 0 atom stereocenters. The van der Waals surface area contributed by atoms with Crippen LogP contribution < -0.4 is 0 Å². The van der Waals surface area contributed by atoms with Crippen molar-refractivity contribution in [1.82, 2.24) is 19.4 Å². The molecule has 0 bridgehead atoms. The molecule has 6 heteroatoms. The van der Waals surface area contributed by atoms with Gasteiger partial charge in [0.15, 0.2) is 0 Å².